The normalized spacial score (nSPS) is 17.4. The van der Waals surface area contributed by atoms with Crippen LogP contribution in [0.4, 0.5) is 0 Å². The molecular formula is C51H54Cl4Zr-2. The number of allylic oxidation sites excluding steroid dienone is 8. The molecule has 0 radical (unpaired) electrons. The molecule has 5 aromatic rings. The van der Waals surface area contributed by atoms with E-state index in [1.165, 1.54) is 94.4 Å². The molecule has 1 unspecified atom stereocenters. The average molecular weight is 900 g/mol. The Bertz CT molecular complexity index is 2230. The maximum absolute atomic E-state index is 5.98. The fourth-order valence-electron chi connectivity index (χ4n) is 7.80. The van der Waals surface area contributed by atoms with Gasteiger partial charge in [-0.05, 0) is 59.8 Å². The van der Waals surface area contributed by atoms with Gasteiger partial charge in [-0.3, -0.25) is 6.08 Å². The summed E-state index contributed by atoms with van der Waals surface area (Å²) in [5.41, 5.74) is 13.2. The summed E-state index contributed by atoms with van der Waals surface area (Å²) in [6.07, 6.45) is 16.1. The van der Waals surface area contributed by atoms with Crippen LogP contribution in [0, 0.1) is 17.4 Å². The van der Waals surface area contributed by atoms with E-state index in [0.29, 0.717) is 11.3 Å². The maximum Gasteiger partial charge on any atom is -1.00 e. The number of benzene rings is 4. The third kappa shape index (κ3) is 10.1. The number of rotatable bonds is 3. The molecule has 1 atom stereocenters. The van der Waals surface area contributed by atoms with Crippen molar-refractivity contribution in [3.8, 4) is 0 Å². The summed E-state index contributed by atoms with van der Waals surface area (Å²) in [6.45, 7) is 23.0. The van der Waals surface area contributed by atoms with Crippen LogP contribution >= 0.6 is 23.2 Å². The molecule has 5 aromatic carbocycles. The predicted octanol–water partition coefficient (Wildman–Crippen LogP) is 9.36. The van der Waals surface area contributed by atoms with Crippen molar-refractivity contribution in [2.24, 2.45) is 11.3 Å². The molecule has 0 bridgehead atoms. The number of halogens is 4. The second-order valence-electron chi connectivity index (χ2n) is 17.7. The Morgan fingerprint density at radius 1 is 0.750 bits per heavy atom. The molecule has 0 amide bonds. The zero-order chi connectivity index (χ0) is 39.2. The van der Waals surface area contributed by atoms with Gasteiger partial charge in [-0.25, -0.2) is 6.08 Å². The van der Waals surface area contributed by atoms with Crippen molar-refractivity contribution in [1.82, 2.24) is 0 Å². The van der Waals surface area contributed by atoms with Gasteiger partial charge in [0.2, 0.25) is 0 Å². The monoisotopic (exact) mass is 896 g/mol. The molecule has 0 N–H and O–H groups in total. The van der Waals surface area contributed by atoms with E-state index in [2.05, 4.69) is 142 Å². The Kier molecular flexibility index (Phi) is 15.1. The van der Waals surface area contributed by atoms with E-state index < -0.39 is 0 Å². The Hall–Kier alpha value is -2.38. The van der Waals surface area contributed by atoms with E-state index in [4.69, 9.17) is 23.2 Å². The van der Waals surface area contributed by atoms with Gasteiger partial charge in [0, 0.05) is 0 Å². The van der Waals surface area contributed by atoms with Gasteiger partial charge >= 0.3 is 120 Å². The number of hydrogen-bond donors (Lipinski definition) is 0. The van der Waals surface area contributed by atoms with Crippen LogP contribution in [0.25, 0.3) is 32.7 Å². The molecule has 0 aromatic heterocycles. The van der Waals surface area contributed by atoms with Crippen LogP contribution in [0.1, 0.15) is 122 Å². The van der Waals surface area contributed by atoms with Crippen LogP contribution in [0.2, 0.25) is 10.0 Å². The summed E-state index contributed by atoms with van der Waals surface area (Å²) in [4.78, 5) is 0. The summed E-state index contributed by atoms with van der Waals surface area (Å²) < 4.78 is 1.26. The van der Waals surface area contributed by atoms with Crippen LogP contribution in [0.3, 0.4) is 0 Å². The smallest absolute Gasteiger partial charge is 1.00 e. The topological polar surface area (TPSA) is 0 Å². The first-order chi connectivity index (χ1) is 25.4. The van der Waals surface area contributed by atoms with E-state index in [0.717, 1.165) is 34.0 Å². The summed E-state index contributed by atoms with van der Waals surface area (Å²) in [5, 5.41) is 7.14. The van der Waals surface area contributed by atoms with Gasteiger partial charge in [-0.1, -0.05) is 109 Å². The standard InChI is InChI=1S/C27H29.C13H8Cl2.C11H17.2ClH.Zr/c1-16-7-9-26(3,4)24-12-18-11-19-13-25-21(17(2)8-10-27(25,5)6)15-23(19)22(18)14-20(16)24;14-12-5-1-3-10(8-12)7-11-4-2-6-13(15)9-11;1-5-9-6-7-10(8-9)11(2,3)4;;;/h7-8,11-15H,9-10H2,1-6H3;1-6,8-9H;7-9H,5H2,1-4H3;2*1H;/q-1;;-1;;;+2/p-2. The predicted molar refractivity (Wildman–Crippen MR) is 235 cm³/mol. The van der Waals surface area contributed by atoms with Crippen LogP contribution in [-0.2, 0) is 35.1 Å². The quantitative estimate of drug-likeness (QED) is 0.159. The minimum atomic E-state index is 0. The van der Waals surface area contributed by atoms with Crippen molar-refractivity contribution in [2.45, 2.75) is 99.3 Å². The van der Waals surface area contributed by atoms with Gasteiger partial charge in [-0.2, -0.15) is 11.6 Å². The second kappa shape index (κ2) is 18.3. The number of fused-ring (bicyclic) bond motifs is 5. The Labute approximate surface area is 374 Å². The molecule has 0 saturated carbocycles. The zero-order valence-corrected chi connectivity index (χ0v) is 40.0. The van der Waals surface area contributed by atoms with Gasteiger partial charge in [0.25, 0.3) is 0 Å². The van der Waals surface area contributed by atoms with Crippen LogP contribution < -0.4 is 24.8 Å². The first-order valence-corrected chi connectivity index (χ1v) is 21.3. The molecule has 0 fully saturated rings. The van der Waals surface area contributed by atoms with Crippen molar-refractivity contribution in [1.29, 1.82) is 0 Å². The zero-order valence-electron chi connectivity index (χ0n) is 34.5. The van der Waals surface area contributed by atoms with Crippen LogP contribution in [0.15, 0.2) is 109 Å². The van der Waals surface area contributed by atoms with Crippen molar-refractivity contribution in [3.05, 3.63) is 158 Å². The Balaban J connectivity index is 0.000000205. The van der Waals surface area contributed by atoms with Crippen molar-refractivity contribution in [2.75, 3.05) is 0 Å². The molecule has 0 nitrogen and oxygen atoms in total. The fourth-order valence-corrected chi connectivity index (χ4v) is 8.95. The summed E-state index contributed by atoms with van der Waals surface area (Å²) in [5.74, 6) is 0.573. The second-order valence-corrected chi connectivity index (χ2v) is 19.8. The van der Waals surface area contributed by atoms with Crippen molar-refractivity contribution < 1.29 is 49.0 Å². The Morgan fingerprint density at radius 2 is 1.20 bits per heavy atom. The molecule has 0 saturated heterocycles. The Morgan fingerprint density at radius 3 is 1.55 bits per heavy atom. The molecule has 56 heavy (non-hydrogen) atoms. The molecular weight excluding hydrogens is 846 g/mol. The molecule has 0 aliphatic heterocycles. The first-order valence-electron chi connectivity index (χ1n) is 19.4. The minimum absolute atomic E-state index is 0. The molecule has 5 heteroatoms. The van der Waals surface area contributed by atoms with Crippen molar-refractivity contribution >= 4 is 59.1 Å². The largest absolute Gasteiger partial charge is 1.00 e. The molecule has 3 aliphatic rings. The summed E-state index contributed by atoms with van der Waals surface area (Å²) >= 11 is 13.3. The molecule has 8 rings (SSSR count). The maximum atomic E-state index is 5.98. The van der Waals surface area contributed by atoms with Crippen LogP contribution in [-0.4, -0.2) is 3.21 Å². The summed E-state index contributed by atoms with van der Waals surface area (Å²) in [6, 6.07) is 28.0. The third-order valence-corrected chi connectivity index (χ3v) is 13.4. The van der Waals surface area contributed by atoms with Gasteiger partial charge in [0.1, 0.15) is 0 Å². The minimum Gasteiger partial charge on any atom is -1.00 e. The first kappa shape index (κ1) is 46.3. The van der Waals surface area contributed by atoms with Gasteiger partial charge in [0.05, 0.1) is 0 Å². The van der Waals surface area contributed by atoms with Gasteiger partial charge in [0.15, 0.2) is 0 Å². The van der Waals surface area contributed by atoms with Gasteiger partial charge < -0.3 is 24.8 Å². The van der Waals surface area contributed by atoms with E-state index in [9.17, 15) is 0 Å². The van der Waals surface area contributed by atoms with E-state index in [1.54, 1.807) is 0 Å². The van der Waals surface area contributed by atoms with Gasteiger partial charge in [-0.15, -0.1) is 39.7 Å². The average Bonchev–Trinajstić information content (AvgIpc) is 3.76. The summed E-state index contributed by atoms with van der Waals surface area (Å²) in [7, 11) is 0. The third-order valence-electron chi connectivity index (χ3n) is 11.5. The van der Waals surface area contributed by atoms with E-state index in [1.807, 2.05) is 36.4 Å². The van der Waals surface area contributed by atoms with E-state index >= 15 is 0 Å². The molecule has 0 heterocycles. The van der Waals surface area contributed by atoms with E-state index in [-0.39, 0.29) is 35.6 Å². The molecule has 0 spiro atoms. The SMILES string of the molecule is CC1=CCC(C)(C)c2cc3[cH-]c4cc5c(cc4c3cc21)C(C)=CCC5(C)C.CCC1[C-]=CC(C(C)(C)C)=C1.Clc1cccc([C](=[Zr+2])c2cccc(Cl)c2)c1.[Cl-].[Cl-]. The number of hydrogen-bond acceptors (Lipinski definition) is 0. The molecule has 3 aliphatic carbocycles. The van der Waals surface area contributed by atoms with Crippen molar-refractivity contribution in [3.63, 3.8) is 0 Å². The fraction of sp³-hybridized carbons (Fsp3) is 0.333. The molecule has 292 valence electrons. The van der Waals surface area contributed by atoms with Crippen LogP contribution in [0.5, 0.6) is 0 Å².